The van der Waals surface area contributed by atoms with Gasteiger partial charge in [-0.15, -0.1) is 0 Å². The van der Waals surface area contributed by atoms with Crippen molar-refractivity contribution in [2.45, 2.75) is 20.0 Å². The monoisotopic (exact) mass is 504 g/mol. The fourth-order valence-electron chi connectivity index (χ4n) is 4.00. The van der Waals surface area contributed by atoms with E-state index in [0.717, 1.165) is 22.7 Å². The zero-order valence-electron chi connectivity index (χ0n) is 17.4. The summed E-state index contributed by atoms with van der Waals surface area (Å²) >= 11 is 3.30. The molecule has 1 fully saturated rings. The van der Waals surface area contributed by atoms with Crippen molar-refractivity contribution in [2.75, 3.05) is 6.54 Å². The zero-order valence-corrected chi connectivity index (χ0v) is 19.0. The molecule has 10 heteroatoms. The Kier molecular flexibility index (Phi) is 5.59. The van der Waals surface area contributed by atoms with E-state index in [1.165, 1.54) is 0 Å². The molecule has 1 aromatic heterocycles. The molecule has 2 heterocycles. The summed E-state index contributed by atoms with van der Waals surface area (Å²) in [5, 5.41) is 14.9. The summed E-state index contributed by atoms with van der Waals surface area (Å²) < 4.78 is 32.4. The van der Waals surface area contributed by atoms with Gasteiger partial charge in [0.2, 0.25) is 0 Å². The standard InChI is InChI=1S/C22H19BrF2N4O3/c1-11-19(12(2)27(3)26-11)14-8-16(24)20(17(25)9-14)22(31)28-10-18(30)29(32)21(28)13-5-4-6-15(23)7-13/h4-9,21,32H,10H2,1-3H3. The Morgan fingerprint density at radius 1 is 1.19 bits per heavy atom. The highest BCUT2D eigenvalue weighted by molar-refractivity contribution is 9.10. The molecule has 1 N–H and O–H groups in total. The van der Waals surface area contributed by atoms with E-state index in [1.54, 1.807) is 49.8 Å². The van der Waals surface area contributed by atoms with E-state index >= 15 is 8.78 Å². The number of carbonyl (C=O) groups excluding carboxylic acids is 2. The molecule has 4 rings (SSSR count). The quantitative estimate of drug-likeness (QED) is 0.544. The normalized spacial score (nSPS) is 16.2. The first-order valence-corrected chi connectivity index (χ1v) is 10.5. The number of carbonyl (C=O) groups is 2. The number of hydrogen-bond donors (Lipinski definition) is 1. The van der Waals surface area contributed by atoms with E-state index in [4.69, 9.17) is 0 Å². The van der Waals surface area contributed by atoms with Crippen LogP contribution in [0, 0.1) is 25.5 Å². The highest BCUT2D eigenvalue weighted by Crippen LogP contribution is 2.34. The molecule has 0 saturated carbocycles. The third-order valence-corrected chi connectivity index (χ3v) is 6.04. The van der Waals surface area contributed by atoms with Crippen molar-refractivity contribution in [3.8, 4) is 11.1 Å². The number of nitrogens with zero attached hydrogens (tertiary/aromatic N) is 4. The minimum atomic E-state index is -1.21. The van der Waals surface area contributed by atoms with Crippen LogP contribution in [0.5, 0.6) is 0 Å². The maximum Gasteiger partial charge on any atom is 0.267 e. The molecule has 2 amide bonds. The lowest BCUT2D eigenvalue weighted by molar-refractivity contribution is -0.168. The van der Waals surface area contributed by atoms with E-state index in [9.17, 15) is 14.8 Å². The number of amides is 2. The first kappa shape index (κ1) is 22.1. The van der Waals surface area contributed by atoms with E-state index in [1.807, 2.05) is 0 Å². The highest BCUT2D eigenvalue weighted by atomic mass is 79.9. The Hall–Kier alpha value is -3.11. The molecule has 1 saturated heterocycles. The minimum Gasteiger partial charge on any atom is -0.302 e. The van der Waals surface area contributed by atoms with Gasteiger partial charge in [0.25, 0.3) is 11.8 Å². The second kappa shape index (κ2) is 8.10. The smallest absolute Gasteiger partial charge is 0.267 e. The molecule has 2 aromatic carbocycles. The zero-order chi connectivity index (χ0) is 23.3. The van der Waals surface area contributed by atoms with Gasteiger partial charge in [-0.25, -0.2) is 8.78 Å². The third-order valence-electron chi connectivity index (χ3n) is 5.55. The average Bonchev–Trinajstić information content (AvgIpc) is 3.15. The Labute approximate surface area is 190 Å². The number of aryl methyl sites for hydroxylation is 2. The lowest BCUT2D eigenvalue weighted by Gasteiger charge is -2.27. The molecule has 1 aliphatic rings. The molecular formula is C22H19BrF2N4O3. The molecule has 3 aromatic rings. The Morgan fingerprint density at radius 2 is 1.84 bits per heavy atom. The number of aromatic nitrogens is 2. The van der Waals surface area contributed by atoms with Gasteiger partial charge >= 0.3 is 0 Å². The molecule has 1 unspecified atom stereocenters. The summed E-state index contributed by atoms with van der Waals surface area (Å²) in [5.41, 5.74) is 1.75. The maximum atomic E-state index is 15.1. The van der Waals surface area contributed by atoms with Crippen LogP contribution < -0.4 is 0 Å². The van der Waals surface area contributed by atoms with Crippen molar-refractivity contribution in [1.82, 2.24) is 19.7 Å². The van der Waals surface area contributed by atoms with Crippen molar-refractivity contribution in [3.63, 3.8) is 0 Å². The molecule has 1 aliphatic heterocycles. The molecular weight excluding hydrogens is 486 g/mol. The largest absolute Gasteiger partial charge is 0.302 e. The summed E-state index contributed by atoms with van der Waals surface area (Å²) in [6.45, 7) is 2.98. The number of halogens is 3. The van der Waals surface area contributed by atoms with Crippen molar-refractivity contribution in [2.24, 2.45) is 7.05 Å². The van der Waals surface area contributed by atoms with Gasteiger partial charge in [-0.3, -0.25) is 19.5 Å². The molecule has 166 valence electrons. The SMILES string of the molecule is Cc1nn(C)c(C)c1-c1cc(F)c(C(=O)N2CC(=O)N(O)C2c2cccc(Br)c2)c(F)c1. The van der Waals surface area contributed by atoms with Crippen LogP contribution in [-0.2, 0) is 11.8 Å². The lowest BCUT2D eigenvalue weighted by Crippen LogP contribution is -2.35. The van der Waals surface area contributed by atoms with Crippen LogP contribution in [0.2, 0.25) is 0 Å². The molecule has 0 radical (unpaired) electrons. The van der Waals surface area contributed by atoms with Crippen molar-refractivity contribution >= 4 is 27.7 Å². The predicted molar refractivity (Wildman–Crippen MR) is 115 cm³/mol. The number of hydrogen-bond acceptors (Lipinski definition) is 4. The minimum absolute atomic E-state index is 0.254. The van der Waals surface area contributed by atoms with Gasteiger partial charge in [0.15, 0.2) is 6.17 Å². The highest BCUT2D eigenvalue weighted by Gasteiger charge is 2.43. The van der Waals surface area contributed by atoms with Crippen LogP contribution in [-0.4, -0.2) is 43.3 Å². The Bertz CT molecular complexity index is 1240. The third kappa shape index (κ3) is 3.59. The van der Waals surface area contributed by atoms with Crippen molar-refractivity contribution in [3.05, 3.63) is 75.0 Å². The topological polar surface area (TPSA) is 78.7 Å². The molecule has 7 nitrogen and oxygen atoms in total. The van der Waals surface area contributed by atoms with Crippen LogP contribution in [0.3, 0.4) is 0 Å². The van der Waals surface area contributed by atoms with Crippen molar-refractivity contribution in [1.29, 1.82) is 0 Å². The van der Waals surface area contributed by atoms with Gasteiger partial charge in [-0.05, 0) is 49.2 Å². The van der Waals surface area contributed by atoms with E-state index in [2.05, 4.69) is 21.0 Å². The van der Waals surface area contributed by atoms with Gasteiger partial charge in [0.1, 0.15) is 23.7 Å². The second-order valence-corrected chi connectivity index (χ2v) is 8.50. The van der Waals surface area contributed by atoms with Crippen molar-refractivity contribution < 1.29 is 23.6 Å². The summed E-state index contributed by atoms with van der Waals surface area (Å²) in [7, 11) is 1.73. The maximum absolute atomic E-state index is 15.1. The van der Waals surface area contributed by atoms with Gasteiger partial charge in [-0.2, -0.15) is 10.2 Å². The predicted octanol–water partition coefficient (Wildman–Crippen LogP) is 4.12. The first-order valence-electron chi connectivity index (χ1n) is 9.67. The van der Waals surface area contributed by atoms with Gasteiger partial charge in [0, 0.05) is 22.8 Å². The second-order valence-electron chi connectivity index (χ2n) is 7.58. The summed E-state index contributed by atoms with van der Waals surface area (Å²) in [6.07, 6.45) is -1.21. The summed E-state index contributed by atoms with van der Waals surface area (Å²) in [5.74, 6) is -3.93. The van der Waals surface area contributed by atoms with Crippen LogP contribution >= 0.6 is 15.9 Å². The fraction of sp³-hybridized carbons (Fsp3) is 0.227. The molecule has 0 spiro atoms. The first-order chi connectivity index (χ1) is 15.1. The van der Waals surface area contributed by atoms with Gasteiger partial charge in [-0.1, -0.05) is 28.1 Å². The number of benzene rings is 2. The molecule has 0 bridgehead atoms. The average molecular weight is 505 g/mol. The van der Waals surface area contributed by atoms with Crippen LogP contribution in [0.4, 0.5) is 8.78 Å². The van der Waals surface area contributed by atoms with Crippen LogP contribution in [0.1, 0.15) is 33.5 Å². The fourth-order valence-corrected chi connectivity index (χ4v) is 4.42. The summed E-state index contributed by atoms with van der Waals surface area (Å²) in [6, 6.07) is 8.76. The summed E-state index contributed by atoms with van der Waals surface area (Å²) in [4.78, 5) is 26.2. The number of rotatable bonds is 3. The molecule has 32 heavy (non-hydrogen) atoms. The molecule has 1 atom stereocenters. The Balaban J connectivity index is 1.76. The van der Waals surface area contributed by atoms with Gasteiger partial charge < -0.3 is 4.90 Å². The Morgan fingerprint density at radius 3 is 2.41 bits per heavy atom. The van der Waals surface area contributed by atoms with Gasteiger partial charge in [0.05, 0.1) is 5.69 Å². The number of hydroxylamine groups is 2. The lowest BCUT2D eigenvalue weighted by atomic mass is 10.0. The van der Waals surface area contributed by atoms with Crippen LogP contribution in [0.25, 0.3) is 11.1 Å². The van der Waals surface area contributed by atoms with E-state index < -0.39 is 41.7 Å². The van der Waals surface area contributed by atoms with E-state index in [-0.39, 0.29) is 5.56 Å². The van der Waals surface area contributed by atoms with E-state index in [0.29, 0.717) is 26.4 Å². The molecule has 0 aliphatic carbocycles. The van der Waals surface area contributed by atoms with Crippen LogP contribution in [0.15, 0.2) is 40.9 Å².